The highest BCUT2D eigenvalue weighted by atomic mass is 32.2. The maximum atomic E-state index is 11.6. The normalized spacial score (nSPS) is 15.8. The number of rotatable bonds is 10. The molecule has 0 bridgehead atoms. The first-order chi connectivity index (χ1) is 7.93. The fourth-order valence-electron chi connectivity index (χ4n) is 1.62. The molecule has 104 valence electrons. The molecule has 0 aromatic rings. The van der Waals surface area contributed by atoms with Gasteiger partial charge in [0.05, 0.1) is 12.4 Å². The van der Waals surface area contributed by atoms with Crippen molar-refractivity contribution in [3.63, 3.8) is 0 Å². The van der Waals surface area contributed by atoms with Gasteiger partial charge >= 0.3 is 0 Å². The SMILES string of the molecule is CCCS(=O)(=O)CCC(C)C(C)NCCOC. The van der Waals surface area contributed by atoms with Crippen molar-refractivity contribution >= 4 is 9.84 Å². The van der Waals surface area contributed by atoms with E-state index in [2.05, 4.69) is 19.2 Å². The van der Waals surface area contributed by atoms with Gasteiger partial charge in [0.2, 0.25) is 0 Å². The average molecular weight is 265 g/mol. The van der Waals surface area contributed by atoms with Gasteiger partial charge in [-0.15, -0.1) is 0 Å². The lowest BCUT2D eigenvalue weighted by Gasteiger charge is -2.21. The molecule has 0 radical (unpaired) electrons. The van der Waals surface area contributed by atoms with Gasteiger partial charge < -0.3 is 10.1 Å². The minimum Gasteiger partial charge on any atom is -0.383 e. The minimum absolute atomic E-state index is 0.304. The quantitative estimate of drug-likeness (QED) is 0.608. The van der Waals surface area contributed by atoms with Crippen molar-refractivity contribution in [2.45, 2.75) is 39.7 Å². The number of hydrogen-bond donors (Lipinski definition) is 1. The lowest BCUT2D eigenvalue weighted by Crippen LogP contribution is -2.35. The van der Waals surface area contributed by atoms with E-state index in [1.54, 1.807) is 7.11 Å². The van der Waals surface area contributed by atoms with Crippen LogP contribution in [-0.2, 0) is 14.6 Å². The van der Waals surface area contributed by atoms with Crippen LogP contribution in [0.1, 0.15) is 33.6 Å². The second-order valence-corrected chi connectivity index (χ2v) is 6.96. The molecule has 5 heteroatoms. The standard InChI is InChI=1S/C12H27NO3S/c1-5-9-17(14,15)10-6-11(2)12(3)13-7-8-16-4/h11-13H,5-10H2,1-4H3. The van der Waals surface area contributed by atoms with Gasteiger partial charge in [0, 0.05) is 25.4 Å². The molecule has 0 amide bonds. The van der Waals surface area contributed by atoms with Crippen molar-refractivity contribution in [3.05, 3.63) is 0 Å². The summed E-state index contributed by atoms with van der Waals surface area (Å²) >= 11 is 0. The molecule has 0 saturated carbocycles. The van der Waals surface area contributed by atoms with Crippen LogP contribution in [0.2, 0.25) is 0 Å². The van der Waals surface area contributed by atoms with Crippen molar-refractivity contribution in [3.8, 4) is 0 Å². The average Bonchev–Trinajstić information content (AvgIpc) is 2.26. The molecule has 0 aromatic carbocycles. The summed E-state index contributed by atoms with van der Waals surface area (Å²) in [4.78, 5) is 0. The molecule has 0 spiro atoms. The maximum absolute atomic E-state index is 11.6. The molecule has 17 heavy (non-hydrogen) atoms. The third-order valence-electron chi connectivity index (χ3n) is 3.03. The molecule has 1 N–H and O–H groups in total. The molecule has 2 unspecified atom stereocenters. The first-order valence-electron chi connectivity index (χ1n) is 6.35. The number of hydrogen-bond acceptors (Lipinski definition) is 4. The summed E-state index contributed by atoms with van der Waals surface area (Å²) in [6.45, 7) is 7.57. The number of nitrogens with one attached hydrogen (secondary N) is 1. The van der Waals surface area contributed by atoms with Crippen LogP contribution in [0.25, 0.3) is 0 Å². The highest BCUT2D eigenvalue weighted by Crippen LogP contribution is 2.10. The van der Waals surface area contributed by atoms with E-state index in [-0.39, 0.29) is 0 Å². The van der Waals surface area contributed by atoms with Gasteiger partial charge in [-0.25, -0.2) is 8.42 Å². The number of sulfone groups is 1. The fraction of sp³-hybridized carbons (Fsp3) is 1.00. The van der Waals surface area contributed by atoms with Gasteiger partial charge in [-0.05, 0) is 25.7 Å². The number of methoxy groups -OCH3 is 1. The molecule has 0 rings (SSSR count). The molecule has 0 aliphatic rings. The summed E-state index contributed by atoms with van der Waals surface area (Å²) in [6.07, 6.45) is 1.43. The molecular formula is C12H27NO3S. The van der Waals surface area contributed by atoms with E-state index in [0.717, 1.165) is 13.0 Å². The maximum Gasteiger partial charge on any atom is 0.150 e. The van der Waals surface area contributed by atoms with E-state index in [1.807, 2.05) is 6.92 Å². The summed E-state index contributed by atoms with van der Waals surface area (Å²) in [5.74, 6) is 0.974. The van der Waals surface area contributed by atoms with Crippen LogP contribution < -0.4 is 5.32 Å². The van der Waals surface area contributed by atoms with Gasteiger partial charge in [0.25, 0.3) is 0 Å². The summed E-state index contributed by atoms with van der Waals surface area (Å²) < 4.78 is 28.1. The lowest BCUT2D eigenvalue weighted by atomic mass is 10.0. The molecule has 2 atom stereocenters. The van der Waals surface area contributed by atoms with Crippen molar-refractivity contribution in [1.82, 2.24) is 5.32 Å². The highest BCUT2D eigenvalue weighted by molar-refractivity contribution is 7.91. The zero-order chi connectivity index (χ0) is 13.3. The monoisotopic (exact) mass is 265 g/mol. The van der Waals surface area contributed by atoms with Crippen LogP contribution in [0.3, 0.4) is 0 Å². The lowest BCUT2D eigenvalue weighted by molar-refractivity contribution is 0.192. The third kappa shape index (κ3) is 8.57. The van der Waals surface area contributed by atoms with Crippen LogP contribution in [0, 0.1) is 5.92 Å². The van der Waals surface area contributed by atoms with Crippen molar-refractivity contribution < 1.29 is 13.2 Å². The minimum atomic E-state index is -2.84. The Balaban J connectivity index is 3.88. The Bertz CT molecular complexity index is 277. The van der Waals surface area contributed by atoms with Crippen LogP contribution >= 0.6 is 0 Å². The Kier molecular flexibility index (Phi) is 8.82. The smallest absolute Gasteiger partial charge is 0.150 e. The van der Waals surface area contributed by atoms with E-state index < -0.39 is 9.84 Å². The molecule has 0 aromatic heterocycles. The molecule has 4 nitrogen and oxygen atoms in total. The largest absolute Gasteiger partial charge is 0.383 e. The second kappa shape index (κ2) is 8.89. The van der Waals surface area contributed by atoms with E-state index in [4.69, 9.17) is 4.74 Å². The zero-order valence-electron chi connectivity index (χ0n) is 11.5. The second-order valence-electron chi connectivity index (χ2n) is 4.65. The van der Waals surface area contributed by atoms with Crippen molar-refractivity contribution in [2.75, 3.05) is 31.8 Å². The van der Waals surface area contributed by atoms with Crippen molar-refractivity contribution in [2.24, 2.45) is 5.92 Å². The van der Waals surface area contributed by atoms with Crippen LogP contribution in [0.15, 0.2) is 0 Å². The molecule has 0 saturated heterocycles. The molecule has 0 fully saturated rings. The van der Waals surface area contributed by atoms with Gasteiger partial charge in [0.1, 0.15) is 9.84 Å². The van der Waals surface area contributed by atoms with Gasteiger partial charge in [-0.3, -0.25) is 0 Å². The van der Waals surface area contributed by atoms with Crippen LogP contribution in [0.5, 0.6) is 0 Å². The summed E-state index contributed by atoms with van der Waals surface area (Å²) in [6, 6.07) is 0.321. The van der Waals surface area contributed by atoms with Crippen LogP contribution in [0.4, 0.5) is 0 Å². The van der Waals surface area contributed by atoms with Crippen molar-refractivity contribution in [1.29, 1.82) is 0 Å². The predicted octanol–water partition coefficient (Wildman–Crippen LogP) is 1.46. The van der Waals surface area contributed by atoms with Gasteiger partial charge in [0.15, 0.2) is 0 Å². The highest BCUT2D eigenvalue weighted by Gasteiger charge is 2.16. The first kappa shape index (κ1) is 16.9. The molecular weight excluding hydrogens is 238 g/mol. The Hall–Kier alpha value is -0.130. The Morgan fingerprint density at radius 3 is 2.41 bits per heavy atom. The summed E-state index contributed by atoms with van der Waals surface area (Å²) in [5, 5.41) is 3.33. The van der Waals surface area contributed by atoms with E-state index in [9.17, 15) is 8.42 Å². The Labute approximate surface area is 106 Å². The van der Waals surface area contributed by atoms with Gasteiger partial charge in [-0.2, -0.15) is 0 Å². The molecule has 0 aliphatic heterocycles. The third-order valence-corrected chi connectivity index (χ3v) is 4.91. The predicted molar refractivity (Wildman–Crippen MR) is 72.1 cm³/mol. The zero-order valence-corrected chi connectivity index (χ0v) is 12.3. The summed E-state index contributed by atoms with van der Waals surface area (Å²) in [7, 11) is -1.16. The summed E-state index contributed by atoms with van der Waals surface area (Å²) in [5.41, 5.74) is 0. The van der Waals surface area contributed by atoms with E-state index in [1.165, 1.54) is 0 Å². The van der Waals surface area contributed by atoms with E-state index >= 15 is 0 Å². The number of ether oxygens (including phenoxy) is 1. The topological polar surface area (TPSA) is 55.4 Å². The van der Waals surface area contributed by atoms with Crippen LogP contribution in [-0.4, -0.2) is 46.2 Å². The first-order valence-corrected chi connectivity index (χ1v) is 8.17. The Morgan fingerprint density at radius 2 is 1.88 bits per heavy atom. The Morgan fingerprint density at radius 1 is 1.24 bits per heavy atom. The van der Waals surface area contributed by atoms with Gasteiger partial charge in [-0.1, -0.05) is 13.8 Å². The molecule has 0 aliphatic carbocycles. The fourth-order valence-corrected chi connectivity index (χ4v) is 3.18. The van der Waals surface area contributed by atoms with E-state index in [0.29, 0.717) is 36.5 Å². The molecule has 0 heterocycles.